The first-order valence-electron chi connectivity index (χ1n) is 8.14. The highest BCUT2D eigenvalue weighted by atomic mass is 35.5. The van der Waals surface area contributed by atoms with Crippen LogP contribution in [0.15, 0.2) is 36.7 Å². The van der Waals surface area contributed by atoms with E-state index >= 15 is 0 Å². The van der Waals surface area contributed by atoms with E-state index in [1.165, 1.54) is 12.1 Å². The third kappa shape index (κ3) is 4.08. The van der Waals surface area contributed by atoms with E-state index in [9.17, 15) is 8.78 Å². The molecule has 26 heavy (non-hydrogen) atoms. The summed E-state index contributed by atoms with van der Waals surface area (Å²) in [6.07, 6.45) is 4.68. The predicted octanol–water partition coefficient (Wildman–Crippen LogP) is 2.41. The van der Waals surface area contributed by atoms with E-state index in [0.717, 1.165) is 23.4 Å². The highest BCUT2D eigenvalue weighted by molar-refractivity contribution is 5.85. The van der Waals surface area contributed by atoms with Crippen molar-refractivity contribution in [2.45, 2.75) is 31.5 Å². The second-order valence-electron chi connectivity index (χ2n) is 6.39. The zero-order valence-corrected chi connectivity index (χ0v) is 15.0. The standard InChI is InChI=1S/C17H18F2N6.ClH/c1-24-5-4-12(22-24)9-25-10-13(21-23-25)8-20-17-7-14(17)11-2-3-15(18)16(19)6-11;/h2-6,10,14,17,20H,7-9H2,1H3;1H/t14-,17+;/m0./s1. The highest BCUT2D eigenvalue weighted by Gasteiger charge is 2.38. The molecule has 0 saturated heterocycles. The van der Waals surface area contributed by atoms with Crippen LogP contribution in [-0.4, -0.2) is 30.8 Å². The molecular formula is C17H19ClF2N6. The van der Waals surface area contributed by atoms with Crippen LogP contribution in [0.5, 0.6) is 0 Å². The fourth-order valence-electron chi connectivity index (χ4n) is 2.98. The molecule has 1 fully saturated rings. The van der Waals surface area contributed by atoms with Gasteiger partial charge in [-0.25, -0.2) is 13.5 Å². The molecule has 9 heteroatoms. The van der Waals surface area contributed by atoms with Crippen molar-refractivity contribution >= 4 is 12.4 Å². The first-order valence-corrected chi connectivity index (χ1v) is 8.14. The summed E-state index contributed by atoms with van der Waals surface area (Å²) in [7, 11) is 1.87. The van der Waals surface area contributed by atoms with Crippen LogP contribution in [0.25, 0.3) is 0 Å². The maximum atomic E-state index is 13.3. The minimum absolute atomic E-state index is 0. The molecule has 1 aliphatic rings. The van der Waals surface area contributed by atoms with Crippen LogP contribution < -0.4 is 5.32 Å². The molecule has 0 aliphatic heterocycles. The van der Waals surface area contributed by atoms with Crippen molar-refractivity contribution in [3.8, 4) is 0 Å². The number of hydrogen-bond donors (Lipinski definition) is 1. The molecule has 0 spiro atoms. The summed E-state index contributed by atoms with van der Waals surface area (Å²) in [5.74, 6) is -1.38. The molecule has 4 rings (SSSR count). The monoisotopic (exact) mass is 380 g/mol. The van der Waals surface area contributed by atoms with Gasteiger partial charge in [-0.1, -0.05) is 11.3 Å². The quantitative estimate of drug-likeness (QED) is 0.713. The maximum Gasteiger partial charge on any atom is 0.159 e. The molecule has 1 N–H and O–H groups in total. The van der Waals surface area contributed by atoms with E-state index in [4.69, 9.17) is 0 Å². The molecular weight excluding hydrogens is 362 g/mol. The lowest BCUT2D eigenvalue weighted by Gasteiger charge is -2.03. The molecule has 0 radical (unpaired) electrons. The summed E-state index contributed by atoms with van der Waals surface area (Å²) >= 11 is 0. The van der Waals surface area contributed by atoms with Gasteiger partial charge in [0.15, 0.2) is 11.6 Å². The fourth-order valence-corrected chi connectivity index (χ4v) is 2.98. The molecule has 0 bridgehead atoms. The highest BCUT2D eigenvalue weighted by Crippen LogP contribution is 2.41. The van der Waals surface area contributed by atoms with E-state index in [0.29, 0.717) is 13.1 Å². The minimum atomic E-state index is -0.807. The van der Waals surface area contributed by atoms with E-state index < -0.39 is 11.6 Å². The molecule has 1 aliphatic carbocycles. The largest absolute Gasteiger partial charge is 0.308 e. The summed E-state index contributed by atoms with van der Waals surface area (Å²) in [6, 6.07) is 6.31. The molecule has 2 aromatic heterocycles. The average Bonchev–Trinajstić information content (AvgIpc) is 3.04. The smallest absolute Gasteiger partial charge is 0.159 e. The number of aromatic nitrogens is 5. The Morgan fingerprint density at radius 1 is 1.19 bits per heavy atom. The number of benzene rings is 1. The molecule has 0 unspecified atom stereocenters. The summed E-state index contributed by atoms with van der Waals surface area (Å²) in [4.78, 5) is 0. The summed E-state index contributed by atoms with van der Waals surface area (Å²) in [5.41, 5.74) is 2.59. The lowest BCUT2D eigenvalue weighted by molar-refractivity contribution is 0.506. The van der Waals surface area contributed by atoms with Crippen molar-refractivity contribution in [2.75, 3.05) is 0 Å². The van der Waals surface area contributed by atoms with E-state index in [1.54, 1.807) is 15.4 Å². The molecule has 0 amide bonds. The van der Waals surface area contributed by atoms with Crippen LogP contribution in [-0.2, 0) is 20.1 Å². The van der Waals surface area contributed by atoms with Crippen LogP contribution in [0.4, 0.5) is 8.78 Å². The number of halogens is 3. The van der Waals surface area contributed by atoms with Gasteiger partial charge < -0.3 is 5.32 Å². The Labute approximate surface area is 155 Å². The predicted molar refractivity (Wildman–Crippen MR) is 93.9 cm³/mol. The van der Waals surface area contributed by atoms with Gasteiger partial charge in [-0.15, -0.1) is 17.5 Å². The van der Waals surface area contributed by atoms with Crippen molar-refractivity contribution in [3.63, 3.8) is 0 Å². The number of aryl methyl sites for hydroxylation is 1. The molecule has 138 valence electrons. The van der Waals surface area contributed by atoms with Gasteiger partial charge in [-0.05, 0) is 30.2 Å². The second-order valence-corrected chi connectivity index (χ2v) is 6.39. The number of nitrogens with one attached hydrogen (secondary N) is 1. The summed E-state index contributed by atoms with van der Waals surface area (Å²) in [5, 5.41) is 15.9. The first-order chi connectivity index (χ1) is 12.1. The fraction of sp³-hybridized carbons (Fsp3) is 0.353. The average molecular weight is 381 g/mol. The Morgan fingerprint density at radius 3 is 2.77 bits per heavy atom. The third-order valence-electron chi connectivity index (χ3n) is 4.39. The van der Waals surface area contributed by atoms with Gasteiger partial charge in [0.1, 0.15) is 0 Å². The van der Waals surface area contributed by atoms with Crippen LogP contribution in [0.1, 0.15) is 29.3 Å². The summed E-state index contributed by atoms with van der Waals surface area (Å²) in [6.45, 7) is 1.17. The van der Waals surface area contributed by atoms with Gasteiger partial charge in [0.2, 0.25) is 0 Å². The molecule has 2 atom stereocenters. The van der Waals surface area contributed by atoms with Crippen LogP contribution in [0.3, 0.4) is 0 Å². The van der Waals surface area contributed by atoms with E-state index in [-0.39, 0.29) is 24.4 Å². The van der Waals surface area contributed by atoms with Crippen LogP contribution in [0.2, 0.25) is 0 Å². The number of nitrogens with zero attached hydrogens (tertiary/aromatic N) is 5. The normalized spacial score (nSPS) is 18.6. The molecule has 2 heterocycles. The topological polar surface area (TPSA) is 60.6 Å². The van der Waals surface area contributed by atoms with Gasteiger partial charge in [-0.2, -0.15) is 5.10 Å². The zero-order valence-electron chi connectivity index (χ0n) is 14.1. The lowest BCUT2D eigenvalue weighted by Crippen LogP contribution is -2.17. The van der Waals surface area contributed by atoms with Gasteiger partial charge in [-0.3, -0.25) is 4.68 Å². The molecule has 1 saturated carbocycles. The van der Waals surface area contributed by atoms with Crippen LogP contribution >= 0.6 is 12.4 Å². The summed E-state index contributed by atoms with van der Waals surface area (Å²) < 4.78 is 29.8. The molecule has 1 aromatic carbocycles. The second kappa shape index (κ2) is 7.51. The molecule has 6 nitrogen and oxygen atoms in total. The lowest BCUT2D eigenvalue weighted by atomic mass is 10.1. The van der Waals surface area contributed by atoms with E-state index in [1.807, 2.05) is 25.5 Å². The Morgan fingerprint density at radius 2 is 2.04 bits per heavy atom. The SMILES string of the molecule is Cl.Cn1ccc(Cn2cc(CN[C@@H]3C[C@H]3c3ccc(F)c(F)c3)nn2)n1. The van der Waals surface area contributed by atoms with E-state index in [2.05, 4.69) is 20.7 Å². The first kappa shape index (κ1) is 18.5. The minimum Gasteiger partial charge on any atom is -0.308 e. The van der Waals surface area contributed by atoms with Gasteiger partial charge in [0.05, 0.1) is 24.1 Å². The van der Waals surface area contributed by atoms with Gasteiger partial charge in [0.25, 0.3) is 0 Å². The van der Waals surface area contributed by atoms with Crippen molar-refractivity contribution in [1.29, 1.82) is 0 Å². The number of hydrogen-bond acceptors (Lipinski definition) is 4. The van der Waals surface area contributed by atoms with Crippen molar-refractivity contribution in [1.82, 2.24) is 30.1 Å². The van der Waals surface area contributed by atoms with Gasteiger partial charge in [0, 0.05) is 31.7 Å². The van der Waals surface area contributed by atoms with Crippen LogP contribution in [0, 0.1) is 11.6 Å². The maximum absolute atomic E-state index is 13.3. The zero-order chi connectivity index (χ0) is 17.4. The molecule has 3 aromatic rings. The Balaban J connectivity index is 0.00000196. The van der Waals surface area contributed by atoms with Gasteiger partial charge >= 0.3 is 0 Å². The van der Waals surface area contributed by atoms with Crippen molar-refractivity contribution in [3.05, 3.63) is 65.2 Å². The Hall–Kier alpha value is -2.32. The Bertz CT molecular complexity index is 893. The van der Waals surface area contributed by atoms with Crippen molar-refractivity contribution in [2.24, 2.45) is 7.05 Å². The third-order valence-corrected chi connectivity index (χ3v) is 4.39. The number of rotatable bonds is 6. The Kier molecular flexibility index (Phi) is 5.33. The van der Waals surface area contributed by atoms with Crippen molar-refractivity contribution < 1.29 is 8.78 Å².